The molecule has 0 atom stereocenters. The van der Waals surface area contributed by atoms with Crippen LogP contribution in [0.2, 0.25) is 0 Å². The summed E-state index contributed by atoms with van der Waals surface area (Å²) in [4.78, 5) is 22.1. The van der Waals surface area contributed by atoms with E-state index in [4.69, 9.17) is 0 Å². The number of imidazole rings is 1. The highest BCUT2D eigenvalue weighted by Crippen LogP contribution is 2.31. The minimum Gasteiger partial charge on any atom is -0.349 e. The summed E-state index contributed by atoms with van der Waals surface area (Å²) in [6, 6.07) is 12.1. The Morgan fingerprint density at radius 3 is 2.13 bits per heavy atom. The van der Waals surface area contributed by atoms with Crippen molar-refractivity contribution in [1.82, 2.24) is 14.9 Å². The number of aromatic amines is 1. The molecule has 7 heteroatoms. The molecule has 1 aliphatic rings. The largest absolute Gasteiger partial charge is 0.416 e. The Bertz CT molecular complexity index is 972. The van der Waals surface area contributed by atoms with Crippen LogP contribution in [0.3, 0.4) is 0 Å². The van der Waals surface area contributed by atoms with Crippen LogP contribution in [0.1, 0.15) is 34.6 Å². The molecule has 3 aromatic rings. The number of nitrogens with one attached hydrogen (secondary N) is 1. The number of H-pyrrole nitrogens is 1. The molecule has 4 nitrogen and oxygen atoms in total. The van der Waals surface area contributed by atoms with Gasteiger partial charge in [0.15, 0.2) is 0 Å². The summed E-state index contributed by atoms with van der Waals surface area (Å²) in [6.07, 6.45) is 2.01. The standard InChI is InChI=1S/C23H22F3N3O/c24-23(25,26)20-7-5-18(6-8-20)17-1-3-19(4-2-17)22(30)29-13-9-16(10-14-29)15-21-27-11-12-28-21/h1-8,11-12,16H,9-10,13-15H2,(H,27,28). The molecule has 156 valence electrons. The second-order valence-electron chi connectivity index (χ2n) is 7.63. The Morgan fingerprint density at radius 2 is 1.60 bits per heavy atom. The van der Waals surface area contributed by atoms with Gasteiger partial charge in [-0.2, -0.15) is 13.2 Å². The lowest BCUT2D eigenvalue weighted by atomic mass is 9.93. The Balaban J connectivity index is 1.36. The van der Waals surface area contributed by atoms with Gasteiger partial charge in [0.2, 0.25) is 0 Å². The minimum absolute atomic E-state index is 0.00887. The fourth-order valence-corrected chi connectivity index (χ4v) is 3.86. The number of carbonyl (C=O) groups excluding carboxylic acids is 1. The van der Waals surface area contributed by atoms with Crippen molar-refractivity contribution in [3.05, 3.63) is 77.9 Å². The van der Waals surface area contributed by atoms with Gasteiger partial charge < -0.3 is 9.88 Å². The molecular weight excluding hydrogens is 391 g/mol. The number of hydrogen-bond donors (Lipinski definition) is 1. The van der Waals surface area contributed by atoms with Gasteiger partial charge in [-0.15, -0.1) is 0 Å². The summed E-state index contributed by atoms with van der Waals surface area (Å²) >= 11 is 0. The molecule has 1 aliphatic heterocycles. The summed E-state index contributed by atoms with van der Waals surface area (Å²) in [7, 11) is 0. The van der Waals surface area contributed by atoms with Crippen molar-refractivity contribution in [2.45, 2.75) is 25.4 Å². The van der Waals surface area contributed by atoms with Gasteiger partial charge in [-0.05, 0) is 54.2 Å². The molecule has 0 bridgehead atoms. The molecule has 0 radical (unpaired) electrons. The van der Waals surface area contributed by atoms with Gasteiger partial charge >= 0.3 is 6.18 Å². The summed E-state index contributed by atoms with van der Waals surface area (Å²) < 4.78 is 38.1. The van der Waals surface area contributed by atoms with Crippen molar-refractivity contribution in [2.24, 2.45) is 5.92 Å². The molecule has 0 aliphatic carbocycles. The van der Waals surface area contributed by atoms with Gasteiger partial charge in [-0.3, -0.25) is 4.79 Å². The normalized spacial score (nSPS) is 15.4. The lowest BCUT2D eigenvalue weighted by Crippen LogP contribution is -2.39. The summed E-state index contributed by atoms with van der Waals surface area (Å²) in [6.45, 7) is 1.43. The van der Waals surface area contributed by atoms with Crippen molar-refractivity contribution in [2.75, 3.05) is 13.1 Å². The highest BCUT2D eigenvalue weighted by Gasteiger charge is 2.30. The van der Waals surface area contributed by atoms with Crippen molar-refractivity contribution in [3.8, 4) is 11.1 Å². The summed E-state index contributed by atoms with van der Waals surface area (Å²) in [5.41, 5.74) is 1.38. The van der Waals surface area contributed by atoms with E-state index >= 15 is 0 Å². The predicted octanol–water partition coefficient (Wildman–Crippen LogP) is 5.19. The molecule has 2 heterocycles. The van der Waals surface area contributed by atoms with E-state index in [1.54, 1.807) is 30.5 Å². The number of benzene rings is 2. The Morgan fingerprint density at radius 1 is 1.00 bits per heavy atom. The SMILES string of the molecule is O=C(c1ccc(-c2ccc(C(F)(F)F)cc2)cc1)N1CCC(Cc2ncc[nH]2)CC1. The van der Waals surface area contributed by atoms with Gasteiger partial charge in [0.1, 0.15) is 5.82 Å². The number of halogens is 3. The van der Waals surface area contributed by atoms with Gasteiger partial charge in [0.25, 0.3) is 5.91 Å². The number of alkyl halides is 3. The van der Waals surface area contributed by atoms with Crippen LogP contribution in [0.4, 0.5) is 13.2 Å². The number of amides is 1. The first-order valence-corrected chi connectivity index (χ1v) is 9.95. The Kier molecular flexibility index (Phi) is 5.61. The molecule has 4 rings (SSSR count). The van der Waals surface area contributed by atoms with Gasteiger partial charge in [-0.1, -0.05) is 24.3 Å². The number of rotatable bonds is 4. The Hall–Kier alpha value is -3.09. The van der Waals surface area contributed by atoms with Crippen LogP contribution in [-0.4, -0.2) is 33.9 Å². The highest BCUT2D eigenvalue weighted by molar-refractivity contribution is 5.94. The van der Waals surface area contributed by atoms with E-state index in [1.807, 2.05) is 11.1 Å². The monoisotopic (exact) mass is 413 g/mol. The fourth-order valence-electron chi connectivity index (χ4n) is 3.86. The summed E-state index contributed by atoms with van der Waals surface area (Å²) in [5, 5.41) is 0. The van der Waals surface area contributed by atoms with E-state index in [0.717, 1.165) is 42.8 Å². The topological polar surface area (TPSA) is 49.0 Å². The summed E-state index contributed by atoms with van der Waals surface area (Å²) in [5.74, 6) is 1.49. The molecule has 30 heavy (non-hydrogen) atoms. The van der Waals surface area contributed by atoms with Crippen molar-refractivity contribution < 1.29 is 18.0 Å². The van der Waals surface area contributed by atoms with Crippen molar-refractivity contribution >= 4 is 5.91 Å². The first-order chi connectivity index (χ1) is 14.4. The Labute approximate surface area is 172 Å². The van der Waals surface area contributed by atoms with E-state index in [-0.39, 0.29) is 5.91 Å². The van der Waals surface area contributed by atoms with E-state index in [0.29, 0.717) is 30.1 Å². The van der Waals surface area contributed by atoms with Crippen molar-refractivity contribution in [3.63, 3.8) is 0 Å². The van der Waals surface area contributed by atoms with Crippen LogP contribution in [0.25, 0.3) is 11.1 Å². The van der Waals surface area contributed by atoms with Crippen LogP contribution >= 0.6 is 0 Å². The number of likely N-dealkylation sites (tertiary alicyclic amines) is 1. The lowest BCUT2D eigenvalue weighted by Gasteiger charge is -2.31. The molecule has 0 saturated carbocycles. The van der Waals surface area contributed by atoms with Gasteiger partial charge in [-0.25, -0.2) is 4.98 Å². The average Bonchev–Trinajstić information content (AvgIpc) is 3.26. The van der Waals surface area contributed by atoms with Crippen molar-refractivity contribution in [1.29, 1.82) is 0 Å². The predicted molar refractivity (Wildman–Crippen MR) is 108 cm³/mol. The fraction of sp³-hybridized carbons (Fsp3) is 0.304. The molecule has 2 aromatic carbocycles. The number of piperidine rings is 1. The third-order valence-corrected chi connectivity index (χ3v) is 5.62. The van der Waals surface area contributed by atoms with E-state index in [9.17, 15) is 18.0 Å². The first-order valence-electron chi connectivity index (χ1n) is 9.95. The highest BCUT2D eigenvalue weighted by atomic mass is 19.4. The maximum Gasteiger partial charge on any atom is 0.416 e. The maximum absolute atomic E-state index is 12.8. The average molecular weight is 413 g/mol. The second-order valence-corrected chi connectivity index (χ2v) is 7.63. The number of carbonyl (C=O) groups is 1. The third-order valence-electron chi connectivity index (χ3n) is 5.62. The zero-order valence-electron chi connectivity index (χ0n) is 16.3. The van der Waals surface area contributed by atoms with E-state index in [2.05, 4.69) is 9.97 Å². The maximum atomic E-state index is 12.8. The third kappa shape index (κ3) is 4.56. The zero-order chi connectivity index (χ0) is 21.1. The van der Waals surface area contributed by atoms with E-state index < -0.39 is 11.7 Å². The first kappa shape index (κ1) is 20.2. The van der Waals surface area contributed by atoms with Crippen LogP contribution < -0.4 is 0 Å². The number of nitrogens with zero attached hydrogens (tertiary/aromatic N) is 2. The molecule has 1 aromatic heterocycles. The van der Waals surface area contributed by atoms with Crippen LogP contribution in [-0.2, 0) is 12.6 Å². The van der Waals surface area contributed by atoms with Crippen LogP contribution in [0.15, 0.2) is 60.9 Å². The van der Waals surface area contributed by atoms with E-state index in [1.165, 1.54) is 12.1 Å². The van der Waals surface area contributed by atoms with Gasteiger partial charge in [0.05, 0.1) is 5.56 Å². The molecule has 0 spiro atoms. The molecule has 1 amide bonds. The lowest BCUT2D eigenvalue weighted by molar-refractivity contribution is -0.137. The van der Waals surface area contributed by atoms with Crippen LogP contribution in [0.5, 0.6) is 0 Å². The number of aromatic nitrogens is 2. The smallest absolute Gasteiger partial charge is 0.349 e. The van der Waals surface area contributed by atoms with Gasteiger partial charge in [0, 0.05) is 37.5 Å². The van der Waals surface area contributed by atoms with Crippen LogP contribution in [0, 0.1) is 5.92 Å². The molecule has 1 saturated heterocycles. The number of hydrogen-bond acceptors (Lipinski definition) is 2. The zero-order valence-corrected chi connectivity index (χ0v) is 16.3. The second kappa shape index (κ2) is 8.34. The molecule has 1 N–H and O–H groups in total. The quantitative estimate of drug-likeness (QED) is 0.640. The minimum atomic E-state index is -4.35. The molecular formula is C23H22F3N3O. The molecule has 0 unspecified atom stereocenters. The molecule has 1 fully saturated rings.